The largest absolute Gasteiger partial charge is 0.309 e. The summed E-state index contributed by atoms with van der Waals surface area (Å²) in [6.45, 7) is 2.62. The maximum atomic E-state index is 12.0. The van der Waals surface area contributed by atoms with Gasteiger partial charge in [-0.2, -0.15) is 0 Å². The Morgan fingerprint density at radius 3 is 2.62 bits per heavy atom. The summed E-state index contributed by atoms with van der Waals surface area (Å²) in [7, 11) is 0. The number of hydrogen-bond donors (Lipinski definition) is 2. The van der Waals surface area contributed by atoms with Crippen molar-refractivity contribution in [1.82, 2.24) is 15.3 Å². The number of aromatic amines is 1. The van der Waals surface area contributed by atoms with Crippen LogP contribution < -0.4 is 10.9 Å². The molecule has 3 rings (SSSR count). The van der Waals surface area contributed by atoms with Crippen LogP contribution in [-0.4, -0.2) is 9.97 Å². The van der Waals surface area contributed by atoms with E-state index in [0.29, 0.717) is 17.8 Å². The topological polar surface area (TPSA) is 57.8 Å². The standard InChI is InChI=1S/C17H17N3O/c1-12(13-7-3-2-4-8-13)18-11-16-19-15-10-6-5-9-14(15)17(21)20-16/h2-10,12,18H,11H2,1H3,(H,19,20,21)/t12-/m1/s1. The first kappa shape index (κ1) is 13.5. The Morgan fingerprint density at radius 2 is 1.81 bits per heavy atom. The minimum Gasteiger partial charge on any atom is -0.309 e. The summed E-state index contributed by atoms with van der Waals surface area (Å²) in [4.78, 5) is 19.3. The summed E-state index contributed by atoms with van der Waals surface area (Å²) in [6, 6.07) is 17.8. The molecule has 3 aromatic rings. The summed E-state index contributed by atoms with van der Waals surface area (Å²) in [5.41, 5.74) is 1.84. The predicted octanol–water partition coefficient (Wildman–Crippen LogP) is 2.77. The molecule has 0 spiro atoms. The molecular weight excluding hydrogens is 262 g/mol. The van der Waals surface area contributed by atoms with E-state index in [1.54, 1.807) is 6.07 Å². The Morgan fingerprint density at radius 1 is 1.10 bits per heavy atom. The fraction of sp³-hybridized carbons (Fsp3) is 0.176. The van der Waals surface area contributed by atoms with Gasteiger partial charge in [0.2, 0.25) is 0 Å². The lowest BCUT2D eigenvalue weighted by Gasteiger charge is -2.13. The number of fused-ring (bicyclic) bond motifs is 1. The Balaban J connectivity index is 1.78. The van der Waals surface area contributed by atoms with Crippen molar-refractivity contribution in [3.05, 3.63) is 76.3 Å². The van der Waals surface area contributed by atoms with E-state index < -0.39 is 0 Å². The van der Waals surface area contributed by atoms with Gasteiger partial charge in [0.05, 0.1) is 17.4 Å². The van der Waals surface area contributed by atoms with Gasteiger partial charge >= 0.3 is 0 Å². The molecule has 21 heavy (non-hydrogen) atoms. The van der Waals surface area contributed by atoms with Crippen molar-refractivity contribution in [3.8, 4) is 0 Å². The molecule has 0 aliphatic carbocycles. The Kier molecular flexibility index (Phi) is 3.79. The van der Waals surface area contributed by atoms with E-state index >= 15 is 0 Å². The first-order valence-electron chi connectivity index (χ1n) is 7.00. The maximum Gasteiger partial charge on any atom is 0.258 e. The first-order chi connectivity index (χ1) is 10.2. The summed E-state index contributed by atoms with van der Waals surface area (Å²) in [5.74, 6) is 0.654. The van der Waals surface area contributed by atoms with Gasteiger partial charge in [-0.15, -0.1) is 0 Å². The molecule has 0 saturated carbocycles. The van der Waals surface area contributed by atoms with E-state index in [1.165, 1.54) is 5.56 Å². The van der Waals surface area contributed by atoms with Gasteiger partial charge in [-0.05, 0) is 24.6 Å². The van der Waals surface area contributed by atoms with Gasteiger partial charge in [-0.25, -0.2) is 4.98 Å². The van der Waals surface area contributed by atoms with Crippen molar-refractivity contribution < 1.29 is 0 Å². The lowest BCUT2D eigenvalue weighted by atomic mass is 10.1. The molecule has 0 unspecified atom stereocenters. The fourth-order valence-corrected chi connectivity index (χ4v) is 2.33. The van der Waals surface area contributed by atoms with Crippen LogP contribution >= 0.6 is 0 Å². The van der Waals surface area contributed by atoms with Crippen molar-refractivity contribution >= 4 is 10.9 Å². The third kappa shape index (κ3) is 3.01. The monoisotopic (exact) mass is 279 g/mol. The normalized spacial score (nSPS) is 12.4. The molecule has 4 nitrogen and oxygen atoms in total. The minimum atomic E-state index is -0.0928. The van der Waals surface area contributed by atoms with Gasteiger partial charge in [0.25, 0.3) is 5.56 Å². The highest BCUT2D eigenvalue weighted by atomic mass is 16.1. The summed E-state index contributed by atoms with van der Waals surface area (Å²) < 4.78 is 0. The molecule has 106 valence electrons. The molecule has 2 aromatic carbocycles. The molecule has 0 bridgehead atoms. The molecule has 1 atom stereocenters. The Hall–Kier alpha value is -2.46. The van der Waals surface area contributed by atoms with Gasteiger partial charge in [-0.1, -0.05) is 42.5 Å². The zero-order valence-electron chi connectivity index (χ0n) is 11.8. The maximum absolute atomic E-state index is 12.0. The molecule has 2 N–H and O–H groups in total. The minimum absolute atomic E-state index is 0.0928. The predicted molar refractivity (Wildman–Crippen MR) is 84.1 cm³/mol. The van der Waals surface area contributed by atoms with Crippen LogP contribution in [0.1, 0.15) is 24.4 Å². The van der Waals surface area contributed by atoms with Crippen molar-refractivity contribution in [3.63, 3.8) is 0 Å². The summed E-state index contributed by atoms with van der Waals surface area (Å²) >= 11 is 0. The van der Waals surface area contributed by atoms with Crippen LogP contribution in [0.3, 0.4) is 0 Å². The van der Waals surface area contributed by atoms with Crippen molar-refractivity contribution in [2.45, 2.75) is 19.5 Å². The molecule has 0 radical (unpaired) electrons. The highest BCUT2D eigenvalue weighted by Gasteiger charge is 2.06. The van der Waals surface area contributed by atoms with E-state index in [2.05, 4.69) is 34.3 Å². The number of H-pyrrole nitrogens is 1. The number of benzene rings is 2. The van der Waals surface area contributed by atoms with Crippen molar-refractivity contribution in [1.29, 1.82) is 0 Å². The van der Waals surface area contributed by atoms with E-state index in [-0.39, 0.29) is 11.6 Å². The van der Waals surface area contributed by atoms with Gasteiger partial charge in [0, 0.05) is 6.04 Å². The molecule has 0 aliphatic rings. The smallest absolute Gasteiger partial charge is 0.258 e. The first-order valence-corrected chi connectivity index (χ1v) is 7.00. The van der Waals surface area contributed by atoms with Crippen LogP contribution in [0.15, 0.2) is 59.4 Å². The van der Waals surface area contributed by atoms with Crippen LogP contribution in [0.25, 0.3) is 10.9 Å². The van der Waals surface area contributed by atoms with Gasteiger partial charge in [-0.3, -0.25) is 4.79 Å². The third-order valence-electron chi connectivity index (χ3n) is 3.54. The number of nitrogens with one attached hydrogen (secondary N) is 2. The number of rotatable bonds is 4. The van der Waals surface area contributed by atoms with Crippen LogP contribution in [0, 0.1) is 0 Å². The third-order valence-corrected chi connectivity index (χ3v) is 3.54. The van der Waals surface area contributed by atoms with E-state index in [0.717, 1.165) is 5.52 Å². The number of aromatic nitrogens is 2. The lowest BCUT2D eigenvalue weighted by Crippen LogP contribution is -2.22. The van der Waals surface area contributed by atoms with E-state index in [1.807, 2.05) is 36.4 Å². The zero-order chi connectivity index (χ0) is 14.7. The van der Waals surface area contributed by atoms with Gasteiger partial charge in [0.1, 0.15) is 5.82 Å². The molecule has 1 heterocycles. The average Bonchev–Trinajstić information content (AvgIpc) is 2.53. The Bertz CT molecular complexity index is 796. The molecule has 0 saturated heterocycles. The van der Waals surface area contributed by atoms with Gasteiger partial charge < -0.3 is 10.3 Å². The molecule has 4 heteroatoms. The second-order valence-corrected chi connectivity index (χ2v) is 5.04. The number of nitrogens with zero attached hydrogens (tertiary/aromatic N) is 1. The number of para-hydroxylation sites is 1. The van der Waals surface area contributed by atoms with E-state index in [9.17, 15) is 4.79 Å². The fourth-order valence-electron chi connectivity index (χ4n) is 2.33. The Labute approximate surface area is 122 Å². The summed E-state index contributed by atoms with van der Waals surface area (Å²) in [6.07, 6.45) is 0. The molecule has 0 fully saturated rings. The quantitative estimate of drug-likeness (QED) is 0.772. The van der Waals surface area contributed by atoms with Crippen LogP contribution in [0.2, 0.25) is 0 Å². The van der Waals surface area contributed by atoms with Crippen molar-refractivity contribution in [2.24, 2.45) is 0 Å². The molecule has 1 aromatic heterocycles. The zero-order valence-corrected chi connectivity index (χ0v) is 11.8. The highest BCUT2D eigenvalue weighted by Crippen LogP contribution is 2.12. The van der Waals surface area contributed by atoms with Crippen LogP contribution in [-0.2, 0) is 6.54 Å². The molecule has 0 aliphatic heterocycles. The SMILES string of the molecule is C[C@@H](NCc1nc2ccccc2c(=O)[nH]1)c1ccccc1. The van der Waals surface area contributed by atoms with Crippen LogP contribution in [0.4, 0.5) is 0 Å². The second kappa shape index (κ2) is 5.89. The molecular formula is C17H17N3O. The van der Waals surface area contributed by atoms with E-state index in [4.69, 9.17) is 0 Å². The number of hydrogen-bond acceptors (Lipinski definition) is 3. The molecule has 0 amide bonds. The van der Waals surface area contributed by atoms with Crippen molar-refractivity contribution in [2.75, 3.05) is 0 Å². The second-order valence-electron chi connectivity index (χ2n) is 5.04. The highest BCUT2D eigenvalue weighted by molar-refractivity contribution is 5.77. The van der Waals surface area contributed by atoms with Crippen LogP contribution in [0.5, 0.6) is 0 Å². The lowest BCUT2D eigenvalue weighted by molar-refractivity contribution is 0.559. The summed E-state index contributed by atoms with van der Waals surface area (Å²) in [5, 5.41) is 4.00. The van der Waals surface area contributed by atoms with Gasteiger partial charge in [0.15, 0.2) is 0 Å². The average molecular weight is 279 g/mol.